The minimum absolute atomic E-state index is 1.12. The highest BCUT2D eigenvalue weighted by Gasteiger charge is 2.14. The number of hydrogen-bond acceptors (Lipinski definition) is 1. The molecule has 0 aromatic heterocycles. The number of rotatable bonds is 7. The second-order valence-corrected chi connectivity index (χ2v) is 11.6. The molecule has 7 aromatic rings. The summed E-state index contributed by atoms with van der Waals surface area (Å²) in [5, 5.41) is 5.02. The van der Waals surface area contributed by atoms with Gasteiger partial charge in [-0.25, -0.2) is 0 Å². The van der Waals surface area contributed by atoms with Crippen LogP contribution in [0.15, 0.2) is 152 Å². The summed E-state index contributed by atoms with van der Waals surface area (Å²) in [6.45, 7) is 4.32. The Labute approximate surface area is 266 Å². The van der Waals surface area contributed by atoms with Gasteiger partial charge >= 0.3 is 0 Å². The van der Waals surface area contributed by atoms with Gasteiger partial charge in [0.2, 0.25) is 0 Å². The van der Waals surface area contributed by atoms with Crippen molar-refractivity contribution in [3.63, 3.8) is 0 Å². The summed E-state index contributed by atoms with van der Waals surface area (Å²) in [4.78, 5) is 2.35. The lowest BCUT2D eigenvalue weighted by molar-refractivity contribution is 1.29. The van der Waals surface area contributed by atoms with E-state index >= 15 is 0 Å². The number of aryl methyl sites for hydroxylation is 2. The van der Waals surface area contributed by atoms with Crippen molar-refractivity contribution in [3.8, 4) is 0 Å². The molecule has 0 fully saturated rings. The van der Waals surface area contributed by atoms with Crippen molar-refractivity contribution in [3.05, 3.63) is 185 Å². The minimum Gasteiger partial charge on any atom is -0.310 e. The summed E-state index contributed by atoms with van der Waals surface area (Å²) < 4.78 is 0. The van der Waals surface area contributed by atoms with E-state index in [2.05, 4.69) is 189 Å². The van der Waals surface area contributed by atoms with E-state index in [-0.39, 0.29) is 0 Å². The topological polar surface area (TPSA) is 3.24 Å². The molecule has 7 rings (SSSR count). The Bertz CT molecular complexity index is 2150. The zero-order valence-corrected chi connectivity index (χ0v) is 25.7. The van der Waals surface area contributed by atoms with Gasteiger partial charge in [0.1, 0.15) is 0 Å². The van der Waals surface area contributed by atoms with Crippen LogP contribution in [0.25, 0.3) is 45.8 Å². The van der Waals surface area contributed by atoms with E-state index in [0.29, 0.717) is 0 Å². The number of anilines is 3. The SMILES string of the molecule is Cc1ccc(C=Cc2ccc(N(c3ccc(C=Cc4ccccc4)cc3)c3ccc4ccc5ccccc5c4c3)cc2)cc1C. The quantitative estimate of drug-likeness (QED) is 0.135. The monoisotopic (exact) mass is 577 g/mol. The van der Waals surface area contributed by atoms with E-state index in [1.54, 1.807) is 0 Å². The third-order valence-corrected chi connectivity index (χ3v) is 8.56. The third kappa shape index (κ3) is 6.20. The van der Waals surface area contributed by atoms with Gasteiger partial charge in [0.25, 0.3) is 0 Å². The first kappa shape index (κ1) is 28.1. The maximum Gasteiger partial charge on any atom is 0.0468 e. The molecule has 0 N–H and O–H groups in total. The van der Waals surface area contributed by atoms with Crippen LogP contribution >= 0.6 is 0 Å². The highest BCUT2D eigenvalue weighted by Crippen LogP contribution is 2.38. The van der Waals surface area contributed by atoms with Crippen LogP contribution in [0.5, 0.6) is 0 Å². The average Bonchev–Trinajstić information content (AvgIpc) is 3.09. The molecule has 1 nitrogen and oxygen atoms in total. The maximum atomic E-state index is 2.35. The van der Waals surface area contributed by atoms with Crippen LogP contribution in [-0.4, -0.2) is 0 Å². The molecule has 0 heterocycles. The van der Waals surface area contributed by atoms with Crippen LogP contribution in [0, 0.1) is 13.8 Å². The van der Waals surface area contributed by atoms with Crippen molar-refractivity contribution in [1.82, 2.24) is 0 Å². The van der Waals surface area contributed by atoms with Crippen LogP contribution < -0.4 is 4.90 Å². The van der Waals surface area contributed by atoms with Crippen molar-refractivity contribution in [2.45, 2.75) is 13.8 Å². The fourth-order valence-electron chi connectivity index (χ4n) is 5.86. The molecule has 0 saturated heterocycles. The number of fused-ring (bicyclic) bond motifs is 3. The van der Waals surface area contributed by atoms with E-state index < -0.39 is 0 Å². The largest absolute Gasteiger partial charge is 0.310 e. The molecule has 45 heavy (non-hydrogen) atoms. The number of hydrogen-bond donors (Lipinski definition) is 0. The van der Waals surface area contributed by atoms with Gasteiger partial charge in [-0.3, -0.25) is 0 Å². The van der Waals surface area contributed by atoms with Crippen LogP contribution in [-0.2, 0) is 0 Å². The number of benzene rings is 7. The standard InChI is InChI=1S/C44H35N/c1-32-12-13-37(30-33(32)2)17-16-36-20-27-41(28-21-36)45(40-25-18-35(19-26-40)15-14-34-8-4-3-5-9-34)42-29-24-39-23-22-38-10-6-7-11-43(38)44(39)31-42/h3-31H,1-2H3. The van der Waals surface area contributed by atoms with Gasteiger partial charge in [0.15, 0.2) is 0 Å². The second-order valence-electron chi connectivity index (χ2n) is 11.6. The van der Waals surface area contributed by atoms with Crippen molar-refractivity contribution in [2.24, 2.45) is 0 Å². The lowest BCUT2D eigenvalue weighted by Gasteiger charge is -2.26. The molecule has 0 unspecified atom stereocenters. The Kier molecular flexibility index (Phi) is 7.83. The molecular formula is C44H35N. The first-order valence-electron chi connectivity index (χ1n) is 15.5. The fraction of sp³-hybridized carbons (Fsp3) is 0.0455. The molecule has 0 aliphatic heterocycles. The normalized spacial score (nSPS) is 11.6. The molecule has 0 atom stereocenters. The van der Waals surface area contributed by atoms with E-state index in [4.69, 9.17) is 0 Å². The zero-order chi connectivity index (χ0) is 30.6. The van der Waals surface area contributed by atoms with Gasteiger partial charge < -0.3 is 4.90 Å². The third-order valence-electron chi connectivity index (χ3n) is 8.56. The molecule has 0 amide bonds. The molecule has 1 heteroatoms. The fourth-order valence-corrected chi connectivity index (χ4v) is 5.86. The summed E-state index contributed by atoms with van der Waals surface area (Å²) in [5.41, 5.74) is 10.7. The molecule has 0 aliphatic carbocycles. The summed E-state index contributed by atoms with van der Waals surface area (Å²) in [6, 6.07) is 54.5. The Morgan fingerprint density at radius 3 is 1.49 bits per heavy atom. The average molecular weight is 578 g/mol. The van der Waals surface area contributed by atoms with Crippen molar-refractivity contribution >= 4 is 62.9 Å². The predicted molar refractivity (Wildman–Crippen MR) is 196 cm³/mol. The Balaban J connectivity index is 1.26. The van der Waals surface area contributed by atoms with Gasteiger partial charge in [-0.15, -0.1) is 0 Å². The second kappa shape index (κ2) is 12.5. The van der Waals surface area contributed by atoms with Crippen LogP contribution in [0.2, 0.25) is 0 Å². The molecule has 7 aromatic carbocycles. The highest BCUT2D eigenvalue weighted by atomic mass is 15.1. The molecule has 0 aliphatic rings. The molecule has 216 valence electrons. The summed E-state index contributed by atoms with van der Waals surface area (Å²) in [5.74, 6) is 0. The molecular weight excluding hydrogens is 542 g/mol. The lowest BCUT2D eigenvalue weighted by Crippen LogP contribution is -2.09. The van der Waals surface area contributed by atoms with Gasteiger partial charge in [-0.1, -0.05) is 140 Å². The van der Waals surface area contributed by atoms with Gasteiger partial charge in [0.05, 0.1) is 0 Å². The van der Waals surface area contributed by atoms with E-state index in [0.717, 1.165) is 17.1 Å². The van der Waals surface area contributed by atoms with Crippen LogP contribution in [0.3, 0.4) is 0 Å². The number of nitrogens with zero attached hydrogens (tertiary/aromatic N) is 1. The summed E-state index contributed by atoms with van der Waals surface area (Å²) in [7, 11) is 0. The van der Waals surface area contributed by atoms with E-state index in [1.807, 2.05) is 6.07 Å². The smallest absolute Gasteiger partial charge is 0.0468 e. The predicted octanol–water partition coefficient (Wildman–Crippen LogP) is 12.4. The Hall–Kier alpha value is -5.66. The molecule has 0 bridgehead atoms. The van der Waals surface area contributed by atoms with Crippen LogP contribution in [0.1, 0.15) is 33.4 Å². The maximum absolute atomic E-state index is 2.35. The zero-order valence-electron chi connectivity index (χ0n) is 25.7. The van der Waals surface area contributed by atoms with Crippen molar-refractivity contribution < 1.29 is 0 Å². The summed E-state index contributed by atoms with van der Waals surface area (Å²) >= 11 is 0. The highest BCUT2D eigenvalue weighted by molar-refractivity contribution is 6.09. The minimum atomic E-state index is 1.12. The first-order valence-corrected chi connectivity index (χ1v) is 15.5. The van der Waals surface area contributed by atoms with Gasteiger partial charge in [0, 0.05) is 17.1 Å². The first-order chi connectivity index (χ1) is 22.1. The molecule has 0 radical (unpaired) electrons. The van der Waals surface area contributed by atoms with Crippen molar-refractivity contribution in [2.75, 3.05) is 4.90 Å². The van der Waals surface area contributed by atoms with E-state index in [9.17, 15) is 0 Å². The Morgan fingerprint density at radius 1 is 0.356 bits per heavy atom. The van der Waals surface area contributed by atoms with E-state index in [1.165, 1.54) is 54.9 Å². The Morgan fingerprint density at radius 2 is 0.844 bits per heavy atom. The summed E-state index contributed by atoms with van der Waals surface area (Å²) in [6.07, 6.45) is 8.71. The van der Waals surface area contributed by atoms with Gasteiger partial charge in [-0.05, 0) is 105 Å². The lowest BCUT2D eigenvalue weighted by atomic mass is 10.0. The van der Waals surface area contributed by atoms with Gasteiger partial charge in [-0.2, -0.15) is 0 Å². The van der Waals surface area contributed by atoms with Crippen molar-refractivity contribution in [1.29, 1.82) is 0 Å². The van der Waals surface area contributed by atoms with Crippen LogP contribution in [0.4, 0.5) is 17.1 Å². The molecule has 0 spiro atoms. The molecule has 0 saturated carbocycles.